The summed E-state index contributed by atoms with van der Waals surface area (Å²) in [5.74, 6) is 0. The SMILES string of the molecule is Cc1ccc(S(=O)(=O)O)cc1.Cc1ccc(S(=O)(=O)O)cc1.OCC1(CO)CCCO1. The summed E-state index contributed by atoms with van der Waals surface area (Å²) in [5.41, 5.74) is 1.30. The summed E-state index contributed by atoms with van der Waals surface area (Å²) in [5, 5.41) is 17.5. The molecule has 0 aliphatic carbocycles. The highest BCUT2D eigenvalue weighted by Crippen LogP contribution is 2.23. The first-order chi connectivity index (χ1) is 14.3. The molecule has 0 amide bonds. The van der Waals surface area contributed by atoms with Crippen molar-refractivity contribution in [3.8, 4) is 0 Å². The molecule has 1 saturated heterocycles. The largest absolute Gasteiger partial charge is 0.393 e. The van der Waals surface area contributed by atoms with Gasteiger partial charge in [0.1, 0.15) is 5.60 Å². The zero-order valence-electron chi connectivity index (χ0n) is 17.3. The summed E-state index contributed by atoms with van der Waals surface area (Å²) in [4.78, 5) is -0.133. The molecule has 11 heteroatoms. The topological polar surface area (TPSA) is 158 Å². The smallest absolute Gasteiger partial charge is 0.294 e. The van der Waals surface area contributed by atoms with E-state index in [0.29, 0.717) is 6.61 Å². The van der Waals surface area contributed by atoms with Gasteiger partial charge in [0, 0.05) is 6.61 Å². The lowest BCUT2D eigenvalue weighted by Crippen LogP contribution is -2.36. The number of ether oxygens (including phenoxy) is 1. The number of aliphatic hydroxyl groups is 2. The van der Waals surface area contributed by atoms with E-state index in [4.69, 9.17) is 24.1 Å². The summed E-state index contributed by atoms with van der Waals surface area (Å²) in [6.07, 6.45) is 1.72. The summed E-state index contributed by atoms with van der Waals surface area (Å²) < 4.78 is 64.2. The van der Waals surface area contributed by atoms with Crippen LogP contribution in [0.1, 0.15) is 24.0 Å². The highest BCUT2D eigenvalue weighted by atomic mass is 32.2. The molecule has 0 bridgehead atoms. The summed E-state index contributed by atoms with van der Waals surface area (Å²) >= 11 is 0. The van der Waals surface area contributed by atoms with Crippen molar-refractivity contribution in [1.82, 2.24) is 0 Å². The predicted octanol–water partition coefficient (Wildman–Crippen LogP) is 2.00. The second kappa shape index (κ2) is 11.7. The van der Waals surface area contributed by atoms with Crippen LogP contribution in [0.4, 0.5) is 0 Å². The van der Waals surface area contributed by atoms with E-state index in [2.05, 4.69) is 0 Å². The van der Waals surface area contributed by atoms with Crippen LogP contribution in [0.5, 0.6) is 0 Å². The molecular weight excluding hydrogens is 448 g/mol. The van der Waals surface area contributed by atoms with E-state index < -0.39 is 25.8 Å². The third kappa shape index (κ3) is 9.44. The molecule has 0 radical (unpaired) electrons. The maximum absolute atomic E-state index is 10.5. The minimum Gasteiger partial charge on any atom is -0.393 e. The van der Waals surface area contributed by atoms with Crippen molar-refractivity contribution in [2.24, 2.45) is 0 Å². The Morgan fingerprint density at radius 1 is 0.774 bits per heavy atom. The molecular formula is C20H28O9S2. The van der Waals surface area contributed by atoms with Crippen LogP contribution in [0.2, 0.25) is 0 Å². The maximum Gasteiger partial charge on any atom is 0.294 e. The van der Waals surface area contributed by atoms with Gasteiger partial charge in [-0.15, -0.1) is 0 Å². The molecule has 31 heavy (non-hydrogen) atoms. The molecule has 9 nitrogen and oxygen atoms in total. The van der Waals surface area contributed by atoms with Crippen molar-refractivity contribution in [1.29, 1.82) is 0 Å². The fourth-order valence-corrected chi connectivity index (χ4v) is 3.44. The molecule has 0 spiro atoms. The van der Waals surface area contributed by atoms with Crippen LogP contribution < -0.4 is 0 Å². The number of aryl methyl sites for hydroxylation is 2. The summed E-state index contributed by atoms with van der Waals surface area (Å²) in [6, 6.07) is 12.0. The summed E-state index contributed by atoms with van der Waals surface area (Å²) in [7, 11) is -8.04. The van der Waals surface area contributed by atoms with Crippen molar-refractivity contribution < 1.29 is 40.9 Å². The van der Waals surface area contributed by atoms with Crippen molar-refractivity contribution in [3.05, 3.63) is 59.7 Å². The number of hydrogen-bond acceptors (Lipinski definition) is 7. The van der Waals surface area contributed by atoms with E-state index >= 15 is 0 Å². The average Bonchev–Trinajstić information content (AvgIpc) is 3.18. The molecule has 1 heterocycles. The van der Waals surface area contributed by atoms with Gasteiger partial charge in [-0.2, -0.15) is 16.8 Å². The van der Waals surface area contributed by atoms with Crippen molar-refractivity contribution in [3.63, 3.8) is 0 Å². The van der Waals surface area contributed by atoms with E-state index in [1.165, 1.54) is 24.3 Å². The Kier molecular flexibility index (Phi) is 10.2. The van der Waals surface area contributed by atoms with Crippen LogP contribution in [0.25, 0.3) is 0 Å². The third-order valence-corrected chi connectivity index (χ3v) is 6.13. The van der Waals surface area contributed by atoms with Crippen LogP contribution in [0, 0.1) is 13.8 Å². The average molecular weight is 477 g/mol. The lowest BCUT2D eigenvalue weighted by atomic mass is 10.0. The minimum absolute atomic E-state index is 0.0660. The second-order valence-corrected chi connectivity index (χ2v) is 9.87. The molecule has 2 aromatic carbocycles. The van der Waals surface area contributed by atoms with Gasteiger partial charge in [0.2, 0.25) is 0 Å². The monoisotopic (exact) mass is 476 g/mol. The van der Waals surface area contributed by atoms with Gasteiger partial charge in [0.05, 0.1) is 23.0 Å². The fraction of sp³-hybridized carbons (Fsp3) is 0.400. The predicted molar refractivity (Wildman–Crippen MR) is 114 cm³/mol. The maximum atomic E-state index is 10.5. The van der Waals surface area contributed by atoms with Gasteiger partial charge in [-0.1, -0.05) is 35.4 Å². The highest BCUT2D eigenvalue weighted by Gasteiger charge is 2.33. The molecule has 0 saturated carbocycles. The van der Waals surface area contributed by atoms with E-state index in [1.54, 1.807) is 24.3 Å². The molecule has 1 aliphatic heterocycles. The van der Waals surface area contributed by atoms with Crippen molar-refractivity contribution in [2.75, 3.05) is 19.8 Å². The van der Waals surface area contributed by atoms with Gasteiger partial charge in [-0.3, -0.25) is 9.11 Å². The van der Waals surface area contributed by atoms with Gasteiger partial charge < -0.3 is 14.9 Å². The van der Waals surface area contributed by atoms with Crippen LogP contribution in [-0.2, 0) is 25.0 Å². The van der Waals surface area contributed by atoms with Gasteiger partial charge in [-0.25, -0.2) is 0 Å². The zero-order valence-corrected chi connectivity index (χ0v) is 18.9. The van der Waals surface area contributed by atoms with Gasteiger partial charge in [0.25, 0.3) is 20.2 Å². The molecule has 0 atom stereocenters. The Hall–Kier alpha value is -1.86. The third-order valence-electron chi connectivity index (χ3n) is 4.40. The lowest BCUT2D eigenvalue weighted by molar-refractivity contribution is -0.0718. The van der Waals surface area contributed by atoms with E-state index in [0.717, 1.165) is 24.0 Å². The summed E-state index contributed by atoms with van der Waals surface area (Å²) in [6.45, 7) is 4.22. The molecule has 1 aliphatic rings. The van der Waals surface area contributed by atoms with Gasteiger partial charge in [0.15, 0.2) is 0 Å². The van der Waals surface area contributed by atoms with Crippen LogP contribution in [-0.4, -0.2) is 61.6 Å². The van der Waals surface area contributed by atoms with E-state index in [9.17, 15) is 16.8 Å². The molecule has 3 rings (SSSR count). The fourth-order valence-electron chi connectivity index (χ4n) is 2.48. The Bertz CT molecular complexity index is 928. The first kappa shape index (κ1) is 27.2. The quantitative estimate of drug-likeness (QED) is 0.484. The molecule has 0 aromatic heterocycles. The van der Waals surface area contributed by atoms with Crippen LogP contribution in [0.15, 0.2) is 58.3 Å². The lowest BCUT2D eigenvalue weighted by Gasteiger charge is -2.22. The van der Waals surface area contributed by atoms with E-state index in [-0.39, 0.29) is 23.0 Å². The van der Waals surface area contributed by atoms with E-state index in [1.807, 2.05) is 13.8 Å². The van der Waals surface area contributed by atoms with Gasteiger partial charge in [-0.05, 0) is 51.0 Å². The van der Waals surface area contributed by atoms with Crippen molar-refractivity contribution >= 4 is 20.2 Å². The molecule has 1 fully saturated rings. The standard InChI is InChI=1S/2C7H8O3S.C6H12O3/c2*1-6-2-4-7(5-3-6)11(8,9)10;7-4-6(5-8)2-1-3-9-6/h2*2-5H,1H3,(H,8,9,10);7-8H,1-5H2. The number of aliphatic hydroxyl groups excluding tert-OH is 2. The first-order valence-corrected chi connectivity index (χ1v) is 12.1. The molecule has 2 aromatic rings. The normalized spacial score (nSPS) is 15.3. The second-order valence-electron chi connectivity index (χ2n) is 7.03. The zero-order chi connectivity index (χ0) is 23.7. The highest BCUT2D eigenvalue weighted by molar-refractivity contribution is 7.86. The number of rotatable bonds is 4. The Labute approximate surface area is 182 Å². The molecule has 174 valence electrons. The Morgan fingerprint density at radius 2 is 1.13 bits per heavy atom. The Morgan fingerprint density at radius 3 is 1.32 bits per heavy atom. The van der Waals surface area contributed by atoms with Crippen molar-refractivity contribution in [2.45, 2.75) is 42.1 Å². The minimum atomic E-state index is -4.02. The number of hydrogen-bond donors (Lipinski definition) is 4. The van der Waals surface area contributed by atoms with Gasteiger partial charge >= 0.3 is 0 Å². The van der Waals surface area contributed by atoms with Crippen LogP contribution in [0.3, 0.4) is 0 Å². The first-order valence-electron chi connectivity index (χ1n) is 9.27. The number of benzene rings is 2. The van der Waals surface area contributed by atoms with Crippen LogP contribution >= 0.6 is 0 Å². The Balaban J connectivity index is 0.000000234. The molecule has 4 N–H and O–H groups in total. The molecule has 0 unspecified atom stereocenters.